The molecule has 2 aromatic carbocycles. The maximum absolute atomic E-state index is 13.8. The number of hydrogen-bond donors (Lipinski definition) is 3. The van der Waals surface area contributed by atoms with Crippen LogP contribution in [0.5, 0.6) is 0 Å². The fraction of sp³-hybridized carbons (Fsp3) is 0.412. The van der Waals surface area contributed by atoms with Crippen LogP contribution in [0.4, 0.5) is 5.82 Å². The lowest BCUT2D eigenvalue weighted by Crippen LogP contribution is -2.36. The third kappa shape index (κ3) is 10.1. The number of amides is 1. The molecule has 1 amide bonds. The average Bonchev–Trinajstić information content (AvgIpc) is 3.71. The number of imidazole rings is 1. The number of aromatic nitrogens is 3. The zero-order valence-corrected chi connectivity index (χ0v) is 35.8. The molecule has 4 heterocycles. The number of ketones is 1. The summed E-state index contributed by atoms with van der Waals surface area (Å²) in [5.41, 5.74) is 12.0. The van der Waals surface area contributed by atoms with Crippen molar-refractivity contribution in [2.45, 2.75) is 104 Å². The van der Waals surface area contributed by atoms with Crippen molar-refractivity contribution >= 4 is 39.4 Å². The summed E-state index contributed by atoms with van der Waals surface area (Å²) < 4.78 is 2.46. The minimum atomic E-state index is -0.621. The van der Waals surface area contributed by atoms with Gasteiger partial charge in [-0.05, 0) is 94.1 Å². The first kappa shape index (κ1) is 42.7. The Morgan fingerprint density at radius 2 is 1.60 bits per heavy atom. The Bertz CT molecular complexity index is 2300. The molecule has 4 N–H and O–H groups in total. The minimum absolute atomic E-state index is 0.00868. The predicted molar refractivity (Wildman–Crippen MR) is 246 cm³/mol. The molecule has 3 aliphatic rings. The van der Waals surface area contributed by atoms with Gasteiger partial charge in [0.1, 0.15) is 11.3 Å². The number of carbonyl (C=O) groups excluding carboxylic acids is 2. The number of aryl methyl sites for hydroxylation is 1. The van der Waals surface area contributed by atoms with Crippen LogP contribution in [0.2, 0.25) is 0 Å². The second-order valence-corrected chi connectivity index (χ2v) is 17.0. The highest BCUT2D eigenvalue weighted by atomic mass is 16.1. The van der Waals surface area contributed by atoms with E-state index in [2.05, 4.69) is 94.4 Å². The van der Waals surface area contributed by atoms with E-state index in [4.69, 9.17) is 10.7 Å². The van der Waals surface area contributed by atoms with E-state index in [-0.39, 0.29) is 23.8 Å². The molecule has 2 aromatic heterocycles. The first-order chi connectivity index (χ1) is 29.2. The number of nitrogen functional groups attached to an aromatic ring is 1. The van der Waals surface area contributed by atoms with E-state index >= 15 is 0 Å². The number of nitrogens with zero attached hydrogens (tertiary/aromatic N) is 4. The van der Waals surface area contributed by atoms with Crippen LogP contribution < -0.4 is 16.4 Å². The molecule has 9 nitrogen and oxygen atoms in total. The number of fused-ring (bicyclic) bond motifs is 3. The van der Waals surface area contributed by atoms with Crippen LogP contribution in [0.3, 0.4) is 0 Å². The molecule has 2 aliphatic heterocycles. The summed E-state index contributed by atoms with van der Waals surface area (Å²) in [6, 6.07) is 16.6. The number of nitrogens with one attached hydrogen (secondary N) is 2. The van der Waals surface area contributed by atoms with Crippen LogP contribution in [0.25, 0.3) is 21.9 Å². The largest absolute Gasteiger partial charge is 0.382 e. The van der Waals surface area contributed by atoms with Gasteiger partial charge in [0.15, 0.2) is 11.6 Å². The Morgan fingerprint density at radius 3 is 2.35 bits per heavy atom. The van der Waals surface area contributed by atoms with E-state index in [9.17, 15) is 9.59 Å². The molecule has 314 valence electrons. The number of nitrogens with two attached hydrogens (primary N) is 1. The minimum Gasteiger partial charge on any atom is -0.382 e. The molecule has 9 heteroatoms. The van der Waals surface area contributed by atoms with Gasteiger partial charge in [0, 0.05) is 37.5 Å². The number of unbranched alkanes of at least 4 members (excludes halogenated alkanes) is 2. The van der Waals surface area contributed by atoms with Crippen molar-refractivity contribution in [3.63, 3.8) is 0 Å². The number of rotatable bonds is 15. The number of benzene rings is 2. The van der Waals surface area contributed by atoms with Gasteiger partial charge in [0.05, 0.1) is 28.9 Å². The summed E-state index contributed by atoms with van der Waals surface area (Å²) in [6.45, 7) is 11.0. The highest BCUT2D eigenvalue weighted by molar-refractivity contribution is 6.06. The van der Waals surface area contributed by atoms with Gasteiger partial charge >= 0.3 is 0 Å². The molecule has 3 unspecified atom stereocenters. The van der Waals surface area contributed by atoms with E-state index in [0.717, 1.165) is 116 Å². The third-order valence-corrected chi connectivity index (χ3v) is 12.8. The van der Waals surface area contributed by atoms with Crippen LogP contribution in [-0.4, -0.2) is 62.8 Å². The van der Waals surface area contributed by atoms with Gasteiger partial charge in [-0.1, -0.05) is 123 Å². The van der Waals surface area contributed by atoms with Crippen molar-refractivity contribution < 1.29 is 9.59 Å². The summed E-state index contributed by atoms with van der Waals surface area (Å²) >= 11 is 0. The average molecular weight is 806 g/mol. The smallest absolute Gasteiger partial charge is 0.224 e. The highest BCUT2D eigenvalue weighted by Gasteiger charge is 2.50. The van der Waals surface area contributed by atoms with Gasteiger partial charge in [-0.3, -0.25) is 14.5 Å². The molecule has 4 aromatic rings. The van der Waals surface area contributed by atoms with Gasteiger partial charge in [-0.2, -0.15) is 0 Å². The van der Waals surface area contributed by atoms with Crippen LogP contribution in [-0.2, 0) is 35.5 Å². The van der Waals surface area contributed by atoms with Gasteiger partial charge in [0.25, 0.3) is 0 Å². The van der Waals surface area contributed by atoms with E-state index in [1.54, 1.807) is 0 Å². The molecule has 0 spiro atoms. The number of pyridine rings is 1. The standard InChI is InChI=1S/C51H63N7O2/c1-4-5-24-45-56-47-48(42-21-15-16-22-43(42)55-50(47)52)58(45)36-40-29-32-57(33-30-40)35-39-27-25-38(26-28-39)34-46(59)53-31-18-17-23-44-49(60)51(3,37(2)54-44)41-19-13-11-9-7-6-8-10-12-14-20-41/h6-16,19-22,25-28,37,40,44,54H,4-5,17-18,23-24,29-36H2,1-3H3,(H2,52,55)(H,53,59)/b7-6-,8-6?,9-7?,10-8-,11-9-,12-10?,13-11?,14-12-,19-13-,20-14?,41-19?,41-20+. The van der Waals surface area contributed by atoms with Gasteiger partial charge < -0.3 is 20.9 Å². The van der Waals surface area contributed by atoms with Crippen molar-refractivity contribution in [3.8, 4) is 0 Å². The predicted octanol–water partition coefficient (Wildman–Crippen LogP) is 8.91. The van der Waals surface area contributed by atoms with Crippen molar-refractivity contribution in [2.24, 2.45) is 11.3 Å². The molecule has 2 saturated heterocycles. The fourth-order valence-corrected chi connectivity index (χ4v) is 9.08. The number of hydrogen-bond acceptors (Lipinski definition) is 7. The normalized spacial score (nSPS) is 25.0. The van der Waals surface area contributed by atoms with E-state index in [1.165, 1.54) is 5.56 Å². The fourth-order valence-electron chi connectivity index (χ4n) is 9.08. The number of likely N-dealkylation sites (tertiary alicyclic amines) is 1. The van der Waals surface area contributed by atoms with Gasteiger partial charge in [-0.25, -0.2) is 9.97 Å². The number of piperidine rings is 1. The summed E-state index contributed by atoms with van der Waals surface area (Å²) in [5.74, 6) is 2.48. The molecule has 3 atom stereocenters. The molecular weight excluding hydrogens is 743 g/mol. The second kappa shape index (κ2) is 20.3. The van der Waals surface area contributed by atoms with E-state index in [1.807, 2.05) is 66.8 Å². The van der Waals surface area contributed by atoms with Gasteiger partial charge in [-0.15, -0.1) is 0 Å². The zero-order chi connectivity index (χ0) is 41.9. The van der Waals surface area contributed by atoms with Crippen molar-refractivity contribution in [1.82, 2.24) is 30.1 Å². The number of para-hydroxylation sites is 1. The molecule has 60 heavy (non-hydrogen) atoms. The lowest BCUT2D eigenvalue weighted by Gasteiger charge is -2.32. The Kier molecular flexibility index (Phi) is 14.4. The lowest BCUT2D eigenvalue weighted by molar-refractivity contribution is -0.125. The van der Waals surface area contributed by atoms with Crippen molar-refractivity contribution in [2.75, 3.05) is 25.4 Å². The molecule has 1 aliphatic carbocycles. The summed E-state index contributed by atoms with van der Waals surface area (Å²) in [7, 11) is 0. The summed E-state index contributed by atoms with van der Waals surface area (Å²) in [6.07, 6.45) is 30.3. The Morgan fingerprint density at radius 1 is 0.900 bits per heavy atom. The number of allylic oxidation sites excluding steroid dienone is 11. The number of carbonyl (C=O) groups is 2. The Labute approximate surface area is 356 Å². The van der Waals surface area contributed by atoms with E-state index < -0.39 is 5.41 Å². The molecule has 7 rings (SSSR count). The first-order valence-electron chi connectivity index (χ1n) is 22.2. The van der Waals surface area contributed by atoms with Crippen molar-refractivity contribution in [3.05, 3.63) is 138 Å². The van der Waals surface area contributed by atoms with Crippen molar-refractivity contribution in [1.29, 1.82) is 0 Å². The molecule has 0 bridgehead atoms. The van der Waals surface area contributed by atoms with Crippen LogP contribution >= 0.6 is 0 Å². The second-order valence-electron chi connectivity index (χ2n) is 17.0. The van der Waals surface area contributed by atoms with Crippen LogP contribution in [0.15, 0.2) is 121 Å². The molecule has 2 fully saturated rings. The van der Waals surface area contributed by atoms with Gasteiger partial charge in [0.2, 0.25) is 5.91 Å². The number of anilines is 1. The maximum Gasteiger partial charge on any atom is 0.224 e. The Balaban J connectivity index is 0.839. The molecule has 0 radical (unpaired) electrons. The molecule has 0 saturated carbocycles. The van der Waals surface area contributed by atoms with Crippen LogP contribution in [0.1, 0.15) is 82.7 Å². The lowest BCUT2D eigenvalue weighted by atomic mass is 9.73. The third-order valence-electron chi connectivity index (χ3n) is 12.8. The Hall–Kier alpha value is -5.38. The van der Waals surface area contributed by atoms with E-state index in [0.29, 0.717) is 24.7 Å². The maximum atomic E-state index is 13.8. The molecular formula is C51H63N7O2. The number of Topliss-reactive ketones (excluding diaryl/α,β-unsaturated/α-hetero) is 1. The zero-order valence-electron chi connectivity index (χ0n) is 35.8. The monoisotopic (exact) mass is 806 g/mol. The van der Waals surface area contributed by atoms with Crippen LogP contribution in [0, 0.1) is 11.3 Å². The highest BCUT2D eigenvalue weighted by Crippen LogP contribution is 2.40. The first-order valence-corrected chi connectivity index (χ1v) is 22.2. The summed E-state index contributed by atoms with van der Waals surface area (Å²) in [4.78, 5) is 39.0. The quantitative estimate of drug-likeness (QED) is 0.103. The summed E-state index contributed by atoms with van der Waals surface area (Å²) in [5, 5.41) is 7.81. The topological polar surface area (TPSA) is 118 Å². The SMILES string of the molecule is CCCCc1nc2c(N)nc3ccccc3c2n1CC1CCN(Cc2ccc(CC(=O)NCCCCC3NC(C)C(C)(C4=C/C=C\C=C/C=C\C=C/C=C\4)C3=O)cc2)CC1.